The van der Waals surface area contributed by atoms with E-state index in [0.717, 1.165) is 65.8 Å². The first-order valence-corrected chi connectivity index (χ1v) is 11.4. The predicted molar refractivity (Wildman–Crippen MR) is 125 cm³/mol. The number of hydrogen-bond donors (Lipinski definition) is 2. The third-order valence-corrected chi connectivity index (χ3v) is 6.37. The first-order chi connectivity index (χ1) is 16.1. The van der Waals surface area contributed by atoms with Gasteiger partial charge < -0.3 is 19.7 Å². The van der Waals surface area contributed by atoms with Crippen LogP contribution >= 0.6 is 0 Å². The van der Waals surface area contributed by atoms with Crippen LogP contribution in [0.15, 0.2) is 40.2 Å². The maximum absolute atomic E-state index is 11.9. The van der Waals surface area contributed by atoms with E-state index in [0.29, 0.717) is 19.0 Å². The van der Waals surface area contributed by atoms with Crippen molar-refractivity contribution in [3.8, 4) is 5.75 Å². The molecule has 2 fully saturated rings. The highest BCUT2D eigenvalue weighted by molar-refractivity contribution is 5.85. The largest absolute Gasteiger partial charge is 0.488 e. The maximum atomic E-state index is 11.9. The molecule has 2 N–H and O–H groups in total. The highest BCUT2D eigenvalue weighted by Gasteiger charge is 2.24. The molecule has 174 valence electrons. The van der Waals surface area contributed by atoms with Crippen molar-refractivity contribution in [3.05, 3.63) is 51.4 Å². The van der Waals surface area contributed by atoms with Gasteiger partial charge in [0.1, 0.15) is 17.1 Å². The third kappa shape index (κ3) is 4.70. The normalized spacial score (nSPS) is 21.2. The Kier molecular flexibility index (Phi) is 5.99. The molecule has 10 heteroatoms. The molecule has 5 rings (SSSR count). The Morgan fingerprint density at radius 1 is 1.06 bits per heavy atom. The second kappa shape index (κ2) is 9.22. The predicted octanol–water partition coefficient (Wildman–Crippen LogP) is 1.66. The fourth-order valence-corrected chi connectivity index (χ4v) is 4.48. The molecule has 1 saturated heterocycles. The van der Waals surface area contributed by atoms with Crippen LogP contribution in [0.3, 0.4) is 0 Å². The Morgan fingerprint density at radius 3 is 2.58 bits per heavy atom. The molecular formula is C23H28N6O4. The Morgan fingerprint density at radius 2 is 1.82 bits per heavy atom. The molecule has 2 aliphatic rings. The number of aromatic nitrogens is 4. The lowest BCUT2D eigenvalue weighted by atomic mass is 9.93. The Labute approximate surface area is 190 Å². The number of nitrogens with zero attached hydrogens (tertiary/aromatic N) is 4. The summed E-state index contributed by atoms with van der Waals surface area (Å²) >= 11 is 0. The van der Waals surface area contributed by atoms with Crippen LogP contribution in [0, 0.1) is 0 Å². The number of ether oxygens (including phenoxy) is 2. The van der Waals surface area contributed by atoms with Gasteiger partial charge in [0.15, 0.2) is 0 Å². The average Bonchev–Trinajstić information content (AvgIpc) is 2.84. The minimum absolute atomic E-state index is 0.0656. The van der Waals surface area contributed by atoms with E-state index in [2.05, 4.69) is 37.3 Å². The van der Waals surface area contributed by atoms with Gasteiger partial charge in [-0.3, -0.25) is 19.3 Å². The van der Waals surface area contributed by atoms with Crippen LogP contribution in [0.25, 0.3) is 11.0 Å². The molecule has 1 aliphatic heterocycles. The van der Waals surface area contributed by atoms with E-state index in [1.54, 1.807) is 12.4 Å². The smallest absolute Gasteiger partial charge is 0.329 e. The van der Waals surface area contributed by atoms with Crippen LogP contribution in [0.2, 0.25) is 0 Å². The molecular weight excluding hydrogens is 424 g/mol. The van der Waals surface area contributed by atoms with Crippen LogP contribution < -0.4 is 26.2 Å². The van der Waals surface area contributed by atoms with Crippen LogP contribution in [0.1, 0.15) is 25.7 Å². The van der Waals surface area contributed by atoms with E-state index < -0.39 is 5.69 Å². The second-order valence-corrected chi connectivity index (χ2v) is 8.59. The number of nitrogens with one attached hydrogen (secondary N) is 2. The van der Waals surface area contributed by atoms with Gasteiger partial charge >= 0.3 is 5.69 Å². The van der Waals surface area contributed by atoms with Crippen molar-refractivity contribution in [3.63, 3.8) is 0 Å². The van der Waals surface area contributed by atoms with Gasteiger partial charge in [0, 0.05) is 56.4 Å². The molecule has 3 aromatic rings. The Balaban J connectivity index is 1.28. The molecule has 0 atom stereocenters. The van der Waals surface area contributed by atoms with Crippen molar-refractivity contribution >= 4 is 22.5 Å². The summed E-state index contributed by atoms with van der Waals surface area (Å²) in [5.41, 5.74) is 1.92. The molecule has 1 aromatic carbocycles. The molecule has 1 aliphatic carbocycles. The highest BCUT2D eigenvalue weighted by Crippen LogP contribution is 2.33. The van der Waals surface area contributed by atoms with Gasteiger partial charge in [-0.1, -0.05) is 0 Å². The number of rotatable bonds is 5. The molecule has 0 amide bonds. The van der Waals surface area contributed by atoms with Crippen LogP contribution in [-0.2, 0) is 11.8 Å². The zero-order valence-electron chi connectivity index (χ0n) is 18.6. The van der Waals surface area contributed by atoms with Crippen molar-refractivity contribution in [2.24, 2.45) is 7.05 Å². The zero-order valence-corrected chi connectivity index (χ0v) is 18.6. The third-order valence-electron chi connectivity index (χ3n) is 6.37. The number of fused-ring (bicyclic) bond motifs is 1. The number of morpholine rings is 1. The second-order valence-electron chi connectivity index (χ2n) is 8.59. The number of anilines is 2. The van der Waals surface area contributed by atoms with Gasteiger partial charge in [-0.05, 0) is 31.7 Å². The summed E-state index contributed by atoms with van der Waals surface area (Å²) in [6.07, 6.45) is 6.91. The minimum atomic E-state index is -0.421. The number of hydrogen-bond acceptors (Lipinski definition) is 8. The average molecular weight is 453 g/mol. The van der Waals surface area contributed by atoms with Crippen molar-refractivity contribution in [1.29, 1.82) is 0 Å². The summed E-state index contributed by atoms with van der Waals surface area (Å²) in [6.45, 7) is 3.11. The molecule has 0 spiro atoms. The Bertz CT molecular complexity index is 1210. The summed E-state index contributed by atoms with van der Waals surface area (Å²) in [5, 5.41) is 3.29. The van der Waals surface area contributed by atoms with Gasteiger partial charge in [-0.15, -0.1) is 0 Å². The van der Waals surface area contributed by atoms with Crippen LogP contribution in [-0.4, -0.2) is 58.0 Å². The van der Waals surface area contributed by atoms with E-state index in [-0.39, 0.29) is 17.7 Å². The lowest BCUT2D eigenvalue weighted by Gasteiger charge is -2.31. The molecule has 0 unspecified atom stereocenters. The van der Waals surface area contributed by atoms with Crippen molar-refractivity contribution < 1.29 is 9.47 Å². The monoisotopic (exact) mass is 452 g/mol. The first-order valence-electron chi connectivity index (χ1n) is 11.4. The highest BCUT2D eigenvalue weighted by atomic mass is 16.5. The van der Waals surface area contributed by atoms with E-state index in [1.807, 2.05) is 0 Å². The molecule has 10 nitrogen and oxygen atoms in total. The maximum Gasteiger partial charge on any atom is 0.329 e. The molecule has 3 heterocycles. The summed E-state index contributed by atoms with van der Waals surface area (Å²) in [4.78, 5) is 37.7. The fourth-order valence-electron chi connectivity index (χ4n) is 4.48. The lowest BCUT2D eigenvalue weighted by molar-refractivity contribution is 0.122. The van der Waals surface area contributed by atoms with Crippen molar-refractivity contribution in [2.45, 2.75) is 37.8 Å². The van der Waals surface area contributed by atoms with Gasteiger partial charge in [-0.25, -0.2) is 9.78 Å². The molecule has 0 radical (unpaired) electrons. The standard InChI is InChI=1S/C23H28N6O4/c1-28-21(30)14-20(27-23(28)31)26-15-2-4-17(5-3-15)33-19-13-16(29-8-10-32-11-9-29)12-18-22(19)25-7-6-24-18/h6-7,12-15,17,26H,2-5,8-11H2,1H3,(H,27,31). The topological polar surface area (TPSA) is 114 Å². The quantitative estimate of drug-likeness (QED) is 0.601. The minimum Gasteiger partial charge on any atom is -0.488 e. The first kappa shape index (κ1) is 21.4. The Hall–Kier alpha value is -3.40. The summed E-state index contributed by atoms with van der Waals surface area (Å²) in [5.74, 6) is 1.22. The van der Waals surface area contributed by atoms with E-state index in [9.17, 15) is 9.59 Å². The number of H-pyrrole nitrogens is 1. The summed E-state index contributed by atoms with van der Waals surface area (Å²) < 4.78 is 13.0. The molecule has 33 heavy (non-hydrogen) atoms. The van der Waals surface area contributed by atoms with E-state index in [4.69, 9.17) is 9.47 Å². The van der Waals surface area contributed by atoms with E-state index in [1.165, 1.54) is 13.1 Å². The molecule has 2 aromatic heterocycles. The molecule has 1 saturated carbocycles. The van der Waals surface area contributed by atoms with Crippen LogP contribution in [0.4, 0.5) is 11.5 Å². The van der Waals surface area contributed by atoms with E-state index >= 15 is 0 Å². The number of aromatic amines is 1. The summed E-state index contributed by atoms with van der Waals surface area (Å²) in [7, 11) is 1.45. The van der Waals surface area contributed by atoms with Crippen molar-refractivity contribution in [2.75, 3.05) is 36.5 Å². The van der Waals surface area contributed by atoms with Gasteiger partial charge in [-0.2, -0.15) is 0 Å². The summed E-state index contributed by atoms with van der Waals surface area (Å²) in [6, 6.07) is 5.72. The number of benzene rings is 1. The van der Waals surface area contributed by atoms with Gasteiger partial charge in [0.25, 0.3) is 5.56 Å². The lowest BCUT2D eigenvalue weighted by Crippen LogP contribution is -2.36. The zero-order chi connectivity index (χ0) is 22.8. The fraction of sp³-hybridized carbons (Fsp3) is 0.478. The SMILES string of the molecule is Cn1c(=O)cc(NC2CCC(Oc3cc(N4CCOCC4)cc4nccnc34)CC2)[nH]c1=O. The molecule has 0 bridgehead atoms. The van der Waals surface area contributed by atoms with Crippen LogP contribution in [0.5, 0.6) is 5.75 Å². The van der Waals surface area contributed by atoms with Crippen molar-refractivity contribution in [1.82, 2.24) is 19.5 Å². The van der Waals surface area contributed by atoms with Gasteiger partial charge in [0.2, 0.25) is 0 Å². The van der Waals surface area contributed by atoms with Gasteiger partial charge in [0.05, 0.1) is 24.8 Å².